The molecular weight excluding hydrogens is 254 g/mol. The van der Waals surface area contributed by atoms with Crippen molar-refractivity contribution in [2.75, 3.05) is 6.54 Å². The van der Waals surface area contributed by atoms with Crippen LogP contribution in [0, 0.1) is 0 Å². The van der Waals surface area contributed by atoms with Gasteiger partial charge in [0.25, 0.3) is 0 Å². The number of nitrogens with one attached hydrogen (secondary N) is 1. The monoisotopic (exact) mass is 271 g/mol. The van der Waals surface area contributed by atoms with Crippen LogP contribution in [0.3, 0.4) is 0 Å². The maximum Gasteiger partial charge on any atom is 0.0662 e. The summed E-state index contributed by atoms with van der Waals surface area (Å²) in [5, 5.41) is 12.8. The van der Waals surface area contributed by atoms with Gasteiger partial charge >= 0.3 is 0 Å². The standard InChI is InChI=1S/C12H18BrNO/c1-3-10(15)8-14-9(2)11-6-4-5-7-12(11)13/h4-7,9-10,14-15H,3,8H2,1-2H3/t9?,10-/m1/s1. The van der Waals surface area contributed by atoms with Gasteiger partial charge in [-0.05, 0) is 25.0 Å². The maximum absolute atomic E-state index is 9.45. The van der Waals surface area contributed by atoms with Crippen LogP contribution >= 0.6 is 15.9 Å². The molecule has 0 amide bonds. The molecule has 0 spiro atoms. The second-order valence-electron chi connectivity index (χ2n) is 3.71. The van der Waals surface area contributed by atoms with Gasteiger partial charge < -0.3 is 10.4 Å². The molecule has 0 aliphatic carbocycles. The average molecular weight is 272 g/mol. The van der Waals surface area contributed by atoms with Gasteiger partial charge in [0.15, 0.2) is 0 Å². The first-order chi connectivity index (χ1) is 7.15. The summed E-state index contributed by atoms with van der Waals surface area (Å²) >= 11 is 3.52. The summed E-state index contributed by atoms with van der Waals surface area (Å²) in [5.41, 5.74) is 1.22. The molecular formula is C12H18BrNO. The molecule has 2 atom stereocenters. The molecule has 1 aromatic rings. The van der Waals surface area contributed by atoms with Crippen LogP contribution in [0.4, 0.5) is 0 Å². The zero-order valence-corrected chi connectivity index (χ0v) is 10.8. The van der Waals surface area contributed by atoms with Crippen molar-refractivity contribution in [1.82, 2.24) is 5.32 Å². The summed E-state index contributed by atoms with van der Waals surface area (Å²) in [5.74, 6) is 0. The Labute approximate surface area is 99.8 Å². The molecule has 0 saturated heterocycles. The summed E-state index contributed by atoms with van der Waals surface area (Å²) in [4.78, 5) is 0. The summed E-state index contributed by atoms with van der Waals surface area (Å²) in [7, 11) is 0. The van der Waals surface area contributed by atoms with Crippen molar-refractivity contribution < 1.29 is 5.11 Å². The van der Waals surface area contributed by atoms with E-state index in [2.05, 4.69) is 34.2 Å². The Morgan fingerprint density at radius 2 is 2.07 bits per heavy atom. The maximum atomic E-state index is 9.45. The largest absolute Gasteiger partial charge is 0.392 e. The summed E-state index contributed by atoms with van der Waals surface area (Å²) in [6.07, 6.45) is 0.533. The second-order valence-corrected chi connectivity index (χ2v) is 4.57. The summed E-state index contributed by atoms with van der Waals surface area (Å²) < 4.78 is 1.11. The van der Waals surface area contributed by atoms with Crippen LogP contribution in [0.25, 0.3) is 0 Å². The van der Waals surface area contributed by atoms with Gasteiger partial charge in [0, 0.05) is 17.1 Å². The van der Waals surface area contributed by atoms with Crippen molar-refractivity contribution in [3.05, 3.63) is 34.3 Å². The number of aliphatic hydroxyl groups is 1. The molecule has 0 saturated carbocycles. The molecule has 0 heterocycles. The fraction of sp³-hybridized carbons (Fsp3) is 0.500. The van der Waals surface area contributed by atoms with E-state index in [9.17, 15) is 5.11 Å². The van der Waals surface area contributed by atoms with Gasteiger partial charge in [-0.1, -0.05) is 41.1 Å². The normalized spacial score (nSPS) is 14.9. The first kappa shape index (κ1) is 12.7. The zero-order chi connectivity index (χ0) is 11.3. The minimum absolute atomic E-state index is 0.252. The number of benzene rings is 1. The van der Waals surface area contributed by atoms with Gasteiger partial charge in [0.05, 0.1) is 6.10 Å². The quantitative estimate of drug-likeness (QED) is 0.863. The van der Waals surface area contributed by atoms with Gasteiger partial charge in [-0.2, -0.15) is 0 Å². The molecule has 0 aliphatic heterocycles. The van der Waals surface area contributed by atoms with E-state index in [1.165, 1.54) is 5.56 Å². The fourth-order valence-electron chi connectivity index (χ4n) is 1.39. The van der Waals surface area contributed by atoms with Crippen LogP contribution in [-0.4, -0.2) is 17.8 Å². The molecule has 15 heavy (non-hydrogen) atoms. The van der Waals surface area contributed by atoms with Crippen LogP contribution < -0.4 is 5.32 Å². The Kier molecular flexibility index (Phi) is 5.29. The van der Waals surface area contributed by atoms with Crippen LogP contribution in [0.15, 0.2) is 28.7 Å². The first-order valence-corrected chi connectivity index (χ1v) is 6.10. The third-order valence-corrected chi connectivity index (χ3v) is 3.22. The molecule has 1 unspecified atom stereocenters. The minimum atomic E-state index is -0.255. The van der Waals surface area contributed by atoms with Gasteiger partial charge in [0.2, 0.25) is 0 Å². The van der Waals surface area contributed by atoms with Crippen molar-refractivity contribution >= 4 is 15.9 Å². The topological polar surface area (TPSA) is 32.3 Å². The van der Waals surface area contributed by atoms with Gasteiger partial charge in [-0.15, -0.1) is 0 Å². The highest BCUT2D eigenvalue weighted by Gasteiger charge is 2.09. The lowest BCUT2D eigenvalue weighted by Crippen LogP contribution is -2.28. The van der Waals surface area contributed by atoms with Crippen molar-refractivity contribution in [2.24, 2.45) is 0 Å². The fourth-order valence-corrected chi connectivity index (χ4v) is 2.02. The summed E-state index contributed by atoms with van der Waals surface area (Å²) in [6.45, 7) is 4.72. The zero-order valence-electron chi connectivity index (χ0n) is 9.20. The van der Waals surface area contributed by atoms with Crippen molar-refractivity contribution in [3.8, 4) is 0 Å². The molecule has 3 heteroatoms. The minimum Gasteiger partial charge on any atom is -0.392 e. The predicted octanol–water partition coefficient (Wildman–Crippen LogP) is 2.87. The molecule has 0 aromatic heterocycles. The molecule has 0 bridgehead atoms. The van der Waals surface area contributed by atoms with Crippen LogP contribution in [0.1, 0.15) is 31.9 Å². The lowest BCUT2D eigenvalue weighted by atomic mass is 10.1. The highest BCUT2D eigenvalue weighted by Crippen LogP contribution is 2.22. The molecule has 84 valence electrons. The Bertz CT molecular complexity index is 303. The number of halogens is 1. The van der Waals surface area contributed by atoms with Crippen molar-refractivity contribution in [2.45, 2.75) is 32.4 Å². The summed E-state index contributed by atoms with van der Waals surface area (Å²) in [6, 6.07) is 8.39. The molecule has 1 aromatic carbocycles. The Morgan fingerprint density at radius 3 is 2.67 bits per heavy atom. The third kappa shape index (κ3) is 3.93. The van der Waals surface area contributed by atoms with E-state index in [-0.39, 0.29) is 12.1 Å². The van der Waals surface area contributed by atoms with E-state index in [4.69, 9.17) is 0 Å². The lowest BCUT2D eigenvalue weighted by Gasteiger charge is -2.17. The molecule has 1 rings (SSSR count). The van der Waals surface area contributed by atoms with E-state index >= 15 is 0 Å². The number of aliphatic hydroxyl groups excluding tert-OH is 1. The molecule has 2 nitrogen and oxygen atoms in total. The molecule has 0 radical (unpaired) electrons. The predicted molar refractivity (Wildman–Crippen MR) is 66.9 cm³/mol. The van der Waals surface area contributed by atoms with E-state index in [1.807, 2.05) is 25.1 Å². The van der Waals surface area contributed by atoms with E-state index in [1.54, 1.807) is 0 Å². The molecule has 2 N–H and O–H groups in total. The average Bonchev–Trinajstić information content (AvgIpc) is 2.26. The van der Waals surface area contributed by atoms with E-state index in [0.29, 0.717) is 6.54 Å². The van der Waals surface area contributed by atoms with Gasteiger partial charge in [-0.3, -0.25) is 0 Å². The third-order valence-electron chi connectivity index (χ3n) is 2.50. The van der Waals surface area contributed by atoms with E-state index in [0.717, 1.165) is 10.9 Å². The molecule has 0 fully saturated rings. The highest BCUT2D eigenvalue weighted by atomic mass is 79.9. The van der Waals surface area contributed by atoms with E-state index < -0.39 is 0 Å². The lowest BCUT2D eigenvalue weighted by molar-refractivity contribution is 0.163. The first-order valence-electron chi connectivity index (χ1n) is 5.31. The number of hydrogen-bond acceptors (Lipinski definition) is 2. The van der Waals surface area contributed by atoms with Gasteiger partial charge in [0.1, 0.15) is 0 Å². The van der Waals surface area contributed by atoms with Crippen molar-refractivity contribution in [1.29, 1.82) is 0 Å². The van der Waals surface area contributed by atoms with Gasteiger partial charge in [-0.25, -0.2) is 0 Å². The van der Waals surface area contributed by atoms with Crippen LogP contribution in [0.5, 0.6) is 0 Å². The number of hydrogen-bond donors (Lipinski definition) is 2. The Hall–Kier alpha value is -0.380. The Balaban J connectivity index is 2.54. The smallest absolute Gasteiger partial charge is 0.0662 e. The van der Waals surface area contributed by atoms with Crippen molar-refractivity contribution in [3.63, 3.8) is 0 Å². The van der Waals surface area contributed by atoms with Crippen LogP contribution in [0.2, 0.25) is 0 Å². The molecule has 0 aliphatic rings. The number of rotatable bonds is 5. The SMILES string of the molecule is CC[C@@H](O)CNC(C)c1ccccc1Br. The highest BCUT2D eigenvalue weighted by molar-refractivity contribution is 9.10. The second kappa shape index (κ2) is 6.26. The van der Waals surface area contributed by atoms with Crippen LogP contribution in [-0.2, 0) is 0 Å². The Morgan fingerprint density at radius 1 is 1.40 bits per heavy atom.